The van der Waals surface area contributed by atoms with Gasteiger partial charge in [-0.15, -0.1) is 0 Å². The van der Waals surface area contributed by atoms with Crippen LogP contribution in [0.5, 0.6) is 5.75 Å². The molecule has 1 N–H and O–H groups in total. The summed E-state index contributed by atoms with van der Waals surface area (Å²) in [5, 5.41) is 8.95. The van der Waals surface area contributed by atoms with Gasteiger partial charge in [-0.05, 0) is 18.2 Å². The average Bonchev–Trinajstić information content (AvgIpc) is 2.45. The lowest BCUT2D eigenvalue weighted by atomic mass is 10.2. The summed E-state index contributed by atoms with van der Waals surface area (Å²) in [4.78, 5) is 10.4. The van der Waals surface area contributed by atoms with Crippen LogP contribution in [0.4, 0.5) is 0 Å². The molecular weight excluding hydrogens is 252 g/mol. The zero-order chi connectivity index (χ0) is 14.4. The number of ether oxygens (including phenoxy) is 1. The van der Waals surface area contributed by atoms with E-state index >= 15 is 0 Å². The minimum atomic E-state index is 0.0873. The Morgan fingerprint density at radius 2 is 1.89 bits per heavy atom. The van der Waals surface area contributed by atoms with Gasteiger partial charge in [-0.2, -0.15) is 0 Å². The van der Waals surface area contributed by atoms with Crippen molar-refractivity contribution in [3.8, 4) is 5.75 Å². The van der Waals surface area contributed by atoms with Crippen molar-refractivity contribution in [2.24, 2.45) is 0 Å². The monoisotopic (exact) mass is 274 g/mol. The first-order chi connectivity index (χ1) is 8.77. The molecule has 0 unspecified atom stereocenters. The molecule has 1 aromatic carbocycles. The molecule has 0 aliphatic carbocycles. The first kappa shape index (κ1) is 19.3. The predicted molar refractivity (Wildman–Crippen MR) is 76.7 cm³/mol. The van der Waals surface area contributed by atoms with Crippen LogP contribution in [0.15, 0.2) is 18.2 Å². The van der Waals surface area contributed by atoms with E-state index in [0.717, 1.165) is 6.29 Å². The van der Waals surface area contributed by atoms with E-state index < -0.39 is 0 Å². The summed E-state index contributed by atoms with van der Waals surface area (Å²) in [6.07, 6.45) is 1.29. The Hall–Kier alpha value is -1.06. The fraction of sp³-hybridized carbons (Fsp3) is 0.500. The number of hydrogen-bond donors (Lipinski definition) is 1. The fourth-order valence-electron chi connectivity index (χ4n) is 0.954. The number of aliphatic hydroxyl groups excluding tert-OH is 1. The van der Waals surface area contributed by atoms with Crippen molar-refractivity contribution in [1.29, 1.82) is 0 Å². The second-order valence-corrected chi connectivity index (χ2v) is 3.14. The molecule has 104 valence electrons. The summed E-state index contributed by atoms with van der Waals surface area (Å²) >= 11 is 5.84. The molecule has 4 heteroatoms. The van der Waals surface area contributed by atoms with Crippen LogP contribution < -0.4 is 4.74 Å². The first-order valence-electron chi connectivity index (χ1n) is 6.26. The van der Waals surface area contributed by atoms with E-state index in [1.54, 1.807) is 18.2 Å². The summed E-state index contributed by atoms with van der Waals surface area (Å²) < 4.78 is 5.27. The normalized spacial score (nSPS) is 8.33. The molecule has 1 rings (SSSR count). The SMILES string of the molecule is CC.CC.O=Cc1ccc(OCCCO)c(Cl)c1. The van der Waals surface area contributed by atoms with E-state index in [2.05, 4.69) is 0 Å². The lowest BCUT2D eigenvalue weighted by Gasteiger charge is -2.06. The Labute approximate surface area is 115 Å². The molecule has 0 bridgehead atoms. The maximum absolute atomic E-state index is 10.4. The Bertz CT molecular complexity index is 314. The van der Waals surface area contributed by atoms with Crippen molar-refractivity contribution in [2.75, 3.05) is 13.2 Å². The number of aliphatic hydroxyl groups is 1. The molecule has 0 heterocycles. The molecule has 0 aromatic heterocycles. The number of halogens is 1. The van der Waals surface area contributed by atoms with Crippen molar-refractivity contribution < 1.29 is 14.6 Å². The van der Waals surface area contributed by atoms with Crippen LogP contribution in [0.1, 0.15) is 44.5 Å². The number of benzene rings is 1. The summed E-state index contributed by atoms with van der Waals surface area (Å²) in [6.45, 7) is 8.50. The standard InChI is InChI=1S/C10H11ClO3.2C2H6/c11-9-6-8(7-13)2-3-10(9)14-5-1-4-12;2*1-2/h2-3,6-7,12H,1,4-5H2;2*1-2H3. The second-order valence-electron chi connectivity index (χ2n) is 2.73. The molecule has 18 heavy (non-hydrogen) atoms. The molecule has 0 saturated carbocycles. The third-order valence-electron chi connectivity index (χ3n) is 1.65. The highest BCUT2D eigenvalue weighted by Gasteiger charge is 2.01. The third-order valence-corrected chi connectivity index (χ3v) is 1.95. The highest BCUT2D eigenvalue weighted by Crippen LogP contribution is 2.24. The van der Waals surface area contributed by atoms with Gasteiger partial charge in [0.15, 0.2) is 0 Å². The maximum Gasteiger partial charge on any atom is 0.150 e. The fourth-order valence-corrected chi connectivity index (χ4v) is 1.20. The Morgan fingerprint density at radius 3 is 2.33 bits per heavy atom. The van der Waals surface area contributed by atoms with Crippen molar-refractivity contribution in [1.82, 2.24) is 0 Å². The third kappa shape index (κ3) is 8.09. The summed E-state index contributed by atoms with van der Waals surface area (Å²) in [7, 11) is 0. The van der Waals surface area contributed by atoms with Crippen molar-refractivity contribution in [3.05, 3.63) is 28.8 Å². The highest BCUT2D eigenvalue weighted by molar-refractivity contribution is 6.32. The van der Waals surface area contributed by atoms with Crippen LogP contribution in [0.25, 0.3) is 0 Å². The van der Waals surface area contributed by atoms with Gasteiger partial charge in [0.1, 0.15) is 12.0 Å². The van der Waals surface area contributed by atoms with Crippen molar-refractivity contribution in [2.45, 2.75) is 34.1 Å². The lowest BCUT2D eigenvalue weighted by molar-refractivity contribution is 0.112. The smallest absolute Gasteiger partial charge is 0.150 e. The number of carbonyl (C=O) groups excluding carboxylic acids is 1. The van der Waals surface area contributed by atoms with Gasteiger partial charge in [0.25, 0.3) is 0 Å². The summed E-state index contributed by atoms with van der Waals surface area (Å²) in [5.41, 5.74) is 0.518. The lowest BCUT2D eigenvalue weighted by Crippen LogP contribution is -2.00. The molecule has 3 nitrogen and oxygen atoms in total. The molecule has 1 aromatic rings. The van der Waals surface area contributed by atoms with Gasteiger partial charge in [0.2, 0.25) is 0 Å². The van der Waals surface area contributed by atoms with Crippen LogP contribution in [0.3, 0.4) is 0 Å². The first-order valence-corrected chi connectivity index (χ1v) is 6.64. The molecule has 0 aliphatic rings. The zero-order valence-corrected chi connectivity index (χ0v) is 12.3. The topological polar surface area (TPSA) is 46.5 Å². The molecule has 0 spiro atoms. The van der Waals surface area contributed by atoms with E-state index in [4.69, 9.17) is 21.4 Å². The average molecular weight is 275 g/mol. The van der Waals surface area contributed by atoms with Gasteiger partial charge in [-0.25, -0.2) is 0 Å². The Balaban J connectivity index is 0. The van der Waals surface area contributed by atoms with Gasteiger partial charge >= 0.3 is 0 Å². The van der Waals surface area contributed by atoms with Gasteiger partial charge in [-0.1, -0.05) is 39.3 Å². The van der Waals surface area contributed by atoms with Crippen LogP contribution in [-0.4, -0.2) is 24.6 Å². The van der Waals surface area contributed by atoms with Crippen LogP contribution >= 0.6 is 11.6 Å². The summed E-state index contributed by atoms with van der Waals surface area (Å²) in [6, 6.07) is 4.82. The summed E-state index contributed by atoms with van der Waals surface area (Å²) in [5.74, 6) is 0.533. The predicted octanol–water partition coefficient (Wildman–Crippen LogP) is 3.97. The van der Waals surface area contributed by atoms with E-state index in [0.29, 0.717) is 29.4 Å². The minimum absolute atomic E-state index is 0.0873. The van der Waals surface area contributed by atoms with Crippen LogP contribution in [-0.2, 0) is 0 Å². The largest absolute Gasteiger partial charge is 0.492 e. The molecule has 0 atom stereocenters. The van der Waals surface area contributed by atoms with Crippen LogP contribution in [0, 0.1) is 0 Å². The van der Waals surface area contributed by atoms with E-state index in [1.807, 2.05) is 27.7 Å². The molecule has 0 radical (unpaired) electrons. The van der Waals surface area contributed by atoms with Crippen molar-refractivity contribution in [3.63, 3.8) is 0 Å². The number of aldehydes is 1. The van der Waals surface area contributed by atoms with Gasteiger partial charge in [0, 0.05) is 18.6 Å². The van der Waals surface area contributed by atoms with Gasteiger partial charge in [-0.3, -0.25) is 4.79 Å². The molecule has 0 fully saturated rings. The zero-order valence-electron chi connectivity index (χ0n) is 11.6. The van der Waals surface area contributed by atoms with Crippen molar-refractivity contribution >= 4 is 17.9 Å². The molecule has 0 amide bonds. The highest BCUT2D eigenvalue weighted by atomic mass is 35.5. The Kier molecular flexibility index (Phi) is 15.0. The number of carbonyl (C=O) groups is 1. The number of hydrogen-bond acceptors (Lipinski definition) is 3. The Morgan fingerprint density at radius 1 is 1.28 bits per heavy atom. The maximum atomic E-state index is 10.4. The molecule has 0 aliphatic heterocycles. The minimum Gasteiger partial charge on any atom is -0.492 e. The van der Waals surface area contributed by atoms with E-state index in [9.17, 15) is 4.79 Å². The van der Waals surface area contributed by atoms with Gasteiger partial charge < -0.3 is 9.84 Å². The van der Waals surface area contributed by atoms with Crippen LogP contribution in [0.2, 0.25) is 5.02 Å². The van der Waals surface area contributed by atoms with E-state index in [-0.39, 0.29) is 6.61 Å². The van der Waals surface area contributed by atoms with E-state index in [1.165, 1.54) is 0 Å². The molecular formula is C14H23ClO3. The van der Waals surface area contributed by atoms with Gasteiger partial charge in [0.05, 0.1) is 11.6 Å². The quantitative estimate of drug-likeness (QED) is 0.653. The molecule has 0 saturated heterocycles. The number of rotatable bonds is 5. The second kappa shape index (κ2) is 14.0.